The summed E-state index contributed by atoms with van der Waals surface area (Å²) < 4.78 is 14.4. The van der Waals surface area contributed by atoms with Gasteiger partial charge in [0, 0.05) is 6.07 Å². The number of halogens is 1. The minimum Gasteiger partial charge on any atom is -0.496 e. The summed E-state index contributed by atoms with van der Waals surface area (Å²) in [6, 6.07) is 1.26. The summed E-state index contributed by atoms with van der Waals surface area (Å²) in [6.45, 7) is 0. The molecule has 0 aromatic heterocycles. The number of nitro groups is 1. The second-order valence-electron chi connectivity index (χ2n) is 3.07. The van der Waals surface area contributed by atoms with Crippen LogP contribution in [0.4, 0.5) is 5.69 Å². The molecular weight excluding hydrogens is 310 g/mol. The van der Waals surface area contributed by atoms with E-state index in [1.807, 2.05) is 0 Å². The highest BCUT2D eigenvalue weighted by Crippen LogP contribution is 2.42. The summed E-state index contributed by atoms with van der Waals surface area (Å²) in [5.74, 6) is -0.642. The Morgan fingerprint density at radius 2 is 1.83 bits per heavy atom. The molecule has 0 aliphatic rings. The van der Waals surface area contributed by atoms with Crippen molar-refractivity contribution in [3.8, 4) is 11.5 Å². The average molecular weight is 320 g/mol. The van der Waals surface area contributed by atoms with Crippen molar-refractivity contribution in [2.45, 2.75) is 0 Å². The van der Waals surface area contributed by atoms with Crippen molar-refractivity contribution in [2.75, 3.05) is 21.3 Å². The Morgan fingerprint density at radius 1 is 1.28 bits per heavy atom. The number of benzene rings is 1. The highest BCUT2D eigenvalue weighted by molar-refractivity contribution is 9.10. The van der Waals surface area contributed by atoms with Gasteiger partial charge in [0.05, 0.1) is 26.3 Å². The first kappa shape index (κ1) is 14.2. The largest absolute Gasteiger partial charge is 0.496 e. The van der Waals surface area contributed by atoms with Crippen LogP contribution >= 0.6 is 15.9 Å². The van der Waals surface area contributed by atoms with E-state index < -0.39 is 10.9 Å². The molecule has 0 atom stereocenters. The quantitative estimate of drug-likeness (QED) is 0.480. The molecule has 0 spiro atoms. The standard InChI is InChI=1S/C10H10BrNO6/c1-16-5-4-6(17-2)9(12(14)15)8(11)7(5)10(13)18-3/h4H,1-3H3. The number of ether oxygens (including phenoxy) is 3. The minimum absolute atomic E-state index is 0.0172. The predicted molar refractivity (Wildman–Crippen MR) is 65.2 cm³/mol. The first-order valence-electron chi connectivity index (χ1n) is 4.65. The van der Waals surface area contributed by atoms with Gasteiger partial charge in [0.25, 0.3) is 0 Å². The summed E-state index contributed by atoms with van der Waals surface area (Å²) in [6.07, 6.45) is 0. The number of hydrogen-bond donors (Lipinski definition) is 0. The lowest BCUT2D eigenvalue weighted by Crippen LogP contribution is -2.08. The van der Waals surface area contributed by atoms with E-state index in [-0.39, 0.29) is 27.2 Å². The lowest BCUT2D eigenvalue weighted by Gasteiger charge is -2.11. The van der Waals surface area contributed by atoms with Crippen molar-refractivity contribution >= 4 is 27.6 Å². The van der Waals surface area contributed by atoms with E-state index in [0.29, 0.717) is 0 Å². The monoisotopic (exact) mass is 319 g/mol. The molecule has 1 aromatic rings. The zero-order valence-corrected chi connectivity index (χ0v) is 11.4. The fraction of sp³-hybridized carbons (Fsp3) is 0.300. The molecule has 0 saturated carbocycles. The molecule has 0 radical (unpaired) electrons. The number of carbonyl (C=O) groups excluding carboxylic acids is 1. The molecular formula is C10H10BrNO6. The normalized spacial score (nSPS) is 9.78. The highest BCUT2D eigenvalue weighted by Gasteiger charge is 2.30. The van der Waals surface area contributed by atoms with E-state index >= 15 is 0 Å². The number of rotatable bonds is 4. The van der Waals surface area contributed by atoms with Crippen molar-refractivity contribution in [3.63, 3.8) is 0 Å². The third-order valence-corrected chi connectivity index (χ3v) is 2.95. The molecule has 1 aromatic carbocycles. The number of methoxy groups -OCH3 is 3. The third-order valence-electron chi connectivity index (χ3n) is 2.18. The molecule has 8 heteroatoms. The van der Waals surface area contributed by atoms with Gasteiger partial charge in [-0.25, -0.2) is 4.79 Å². The van der Waals surface area contributed by atoms with E-state index in [2.05, 4.69) is 20.7 Å². The average Bonchev–Trinajstić information content (AvgIpc) is 2.35. The van der Waals surface area contributed by atoms with E-state index in [4.69, 9.17) is 9.47 Å². The Balaban J connectivity index is 3.65. The molecule has 7 nitrogen and oxygen atoms in total. The lowest BCUT2D eigenvalue weighted by molar-refractivity contribution is -0.386. The minimum atomic E-state index is -0.746. The van der Waals surface area contributed by atoms with Crippen molar-refractivity contribution in [3.05, 3.63) is 26.2 Å². The van der Waals surface area contributed by atoms with Crippen LogP contribution in [0.1, 0.15) is 10.4 Å². The fourth-order valence-corrected chi connectivity index (χ4v) is 2.07. The van der Waals surface area contributed by atoms with E-state index in [1.165, 1.54) is 27.4 Å². The van der Waals surface area contributed by atoms with Crippen LogP contribution in [0, 0.1) is 10.1 Å². The van der Waals surface area contributed by atoms with Crippen molar-refractivity contribution in [1.82, 2.24) is 0 Å². The van der Waals surface area contributed by atoms with Gasteiger partial charge in [-0.15, -0.1) is 0 Å². The molecule has 0 unspecified atom stereocenters. The van der Waals surface area contributed by atoms with Crippen molar-refractivity contribution in [1.29, 1.82) is 0 Å². The molecule has 98 valence electrons. The number of nitrogens with zero attached hydrogens (tertiary/aromatic N) is 1. The Morgan fingerprint density at radius 3 is 2.22 bits per heavy atom. The third kappa shape index (κ3) is 2.37. The second-order valence-corrected chi connectivity index (χ2v) is 3.86. The lowest BCUT2D eigenvalue weighted by atomic mass is 10.1. The summed E-state index contributed by atoms with van der Waals surface area (Å²) in [4.78, 5) is 21.9. The van der Waals surface area contributed by atoms with E-state index in [0.717, 1.165) is 0 Å². The highest BCUT2D eigenvalue weighted by atomic mass is 79.9. The van der Waals surface area contributed by atoms with E-state index in [9.17, 15) is 14.9 Å². The van der Waals surface area contributed by atoms with Crippen LogP contribution in [0.15, 0.2) is 10.5 Å². The predicted octanol–water partition coefficient (Wildman–Crippen LogP) is 2.16. The van der Waals surface area contributed by atoms with Crippen LogP contribution in [-0.2, 0) is 4.74 Å². The van der Waals surface area contributed by atoms with Crippen LogP contribution in [0.25, 0.3) is 0 Å². The molecule has 1 rings (SSSR count). The van der Waals surface area contributed by atoms with Gasteiger partial charge in [-0.2, -0.15) is 0 Å². The molecule has 0 bridgehead atoms. The van der Waals surface area contributed by atoms with Crippen LogP contribution in [-0.4, -0.2) is 32.2 Å². The van der Waals surface area contributed by atoms with Crippen LogP contribution in [0.3, 0.4) is 0 Å². The van der Waals surface area contributed by atoms with E-state index in [1.54, 1.807) is 0 Å². The van der Waals surface area contributed by atoms with Gasteiger partial charge in [-0.05, 0) is 15.9 Å². The van der Waals surface area contributed by atoms with Crippen LogP contribution in [0.5, 0.6) is 11.5 Å². The zero-order valence-electron chi connectivity index (χ0n) is 9.85. The maximum Gasteiger partial charge on any atom is 0.343 e. The van der Waals surface area contributed by atoms with Gasteiger partial charge in [0.15, 0.2) is 0 Å². The van der Waals surface area contributed by atoms with Gasteiger partial charge in [-0.1, -0.05) is 0 Å². The Kier molecular flexibility index (Phi) is 4.49. The topological polar surface area (TPSA) is 87.9 Å². The first-order valence-corrected chi connectivity index (χ1v) is 5.44. The maximum absolute atomic E-state index is 11.6. The first-order chi connectivity index (χ1) is 8.47. The molecule has 18 heavy (non-hydrogen) atoms. The number of esters is 1. The van der Waals surface area contributed by atoms with Crippen LogP contribution < -0.4 is 9.47 Å². The molecule has 0 fully saturated rings. The van der Waals surface area contributed by atoms with Gasteiger partial charge < -0.3 is 14.2 Å². The number of nitro benzene ring substituents is 1. The summed E-state index contributed by atoms with van der Waals surface area (Å²) >= 11 is 3.00. The summed E-state index contributed by atoms with van der Waals surface area (Å²) in [5.41, 5.74) is -0.425. The zero-order chi connectivity index (χ0) is 13.9. The molecule has 0 N–H and O–H groups in total. The molecule has 0 heterocycles. The Labute approximate surface area is 111 Å². The number of hydrogen-bond acceptors (Lipinski definition) is 6. The van der Waals surface area contributed by atoms with Gasteiger partial charge in [-0.3, -0.25) is 10.1 Å². The van der Waals surface area contributed by atoms with Gasteiger partial charge in [0.1, 0.15) is 15.8 Å². The van der Waals surface area contributed by atoms with Crippen LogP contribution in [0.2, 0.25) is 0 Å². The molecule has 0 amide bonds. The maximum atomic E-state index is 11.6. The fourth-order valence-electron chi connectivity index (χ4n) is 1.37. The SMILES string of the molecule is COC(=O)c1c(OC)cc(OC)c([N+](=O)[O-])c1Br. The molecule has 0 aliphatic heterocycles. The molecule has 0 aliphatic carbocycles. The smallest absolute Gasteiger partial charge is 0.343 e. The van der Waals surface area contributed by atoms with Crippen molar-refractivity contribution in [2.24, 2.45) is 0 Å². The second kappa shape index (κ2) is 5.67. The van der Waals surface area contributed by atoms with Gasteiger partial charge >= 0.3 is 11.7 Å². The Hall–Kier alpha value is -1.83. The molecule has 0 saturated heterocycles. The number of carbonyl (C=O) groups is 1. The summed E-state index contributed by atoms with van der Waals surface area (Å²) in [5, 5.41) is 11.0. The van der Waals surface area contributed by atoms with Crippen molar-refractivity contribution < 1.29 is 23.9 Å². The summed E-state index contributed by atoms with van der Waals surface area (Å²) in [7, 11) is 3.79. The van der Waals surface area contributed by atoms with Gasteiger partial charge in [0.2, 0.25) is 5.75 Å². The Bertz CT molecular complexity index is 502.